The molecule has 4 heteroatoms. The van der Waals surface area contributed by atoms with Gasteiger partial charge in [-0.2, -0.15) is 0 Å². The highest BCUT2D eigenvalue weighted by atomic mass is 79.9. The number of nitrogens with one attached hydrogen (secondary N) is 1. The smallest absolute Gasteiger partial charge is 0.137 e. The summed E-state index contributed by atoms with van der Waals surface area (Å²) < 4.78 is 14.3. The molecule has 0 saturated carbocycles. The van der Waals surface area contributed by atoms with Crippen LogP contribution in [0.4, 0.5) is 4.39 Å². The highest BCUT2D eigenvalue weighted by Gasteiger charge is 2.24. The highest BCUT2D eigenvalue weighted by molar-refractivity contribution is 9.10. The fourth-order valence-electron chi connectivity index (χ4n) is 2.54. The molecule has 1 aliphatic heterocycles. The Bertz CT molecular complexity index is 455. The van der Waals surface area contributed by atoms with Crippen molar-refractivity contribution in [2.45, 2.75) is 19.4 Å². The molecule has 2 rings (SSSR count). The molecule has 0 spiro atoms. The predicted octanol–water partition coefficient (Wildman–Crippen LogP) is 3.50. The first kappa shape index (κ1) is 14.7. The van der Waals surface area contributed by atoms with Crippen LogP contribution in [0.2, 0.25) is 0 Å². The van der Waals surface area contributed by atoms with E-state index < -0.39 is 0 Å². The fraction of sp³-hybridized carbons (Fsp3) is 0.467. The van der Waals surface area contributed by atoms with Gasteiger partial charge in [-0.15, -0.1) is 6.58 Å². The number of benzene rings is 1. The summed E-state index contributed by atoms with van der Waals surface area (Å²) in [5.41, 5.74) is 2.14. The van der Waals surface area contributed by atoms with Crippen molar-refractivity contribution in [3.63, 3.8) is 0 Å². The quantitative estimate of drug-likeness (QED) is 0.852. The summed E-state index contributed by atoms with van der Waals surface area (Å²) in [5, 5.41) is 3.35. The average molecular weight is 327 g/mol. The zero-order valence-corrected chi connectivity index (χ0v) is 12.8. The van der Waals surface area contributed by atoms with Crippen LogP contribution in [0, 0.1) is 5.82 Å². The van der Waals surface area contributed by atoms with E-state index in [1.54, 1.807) is 6.07 Å². The normalized spacial score (nSPS) is 18.3. The standard InChI is InChI=1S/C15H20BrFN2/c1-11(2)10-14(19-8-6-18-7-9-19)12-4-3-5-13(17)15(12)16/h3-5,14,18H,1,6-10H2,2H3/t14-/m0/s1. The second-order valence-corrected chi connectivity index (χ2v) is 5.90. The summed E-state index contributed by atoms with van der Waals surface area (Å²) >= 11 is 3.39. The summed E-state index contributed by atoms with van der Waals surface area (Å²) in [5.74, 6) is -0.195. The Morgan fingerprint density at radius 1 is 1.47 bits per heavy atom. The van der Waals surface area contributed by atoms with Gasteiger partial charge in [0.2, 0.25) is 0 Å². The van der Waals surface area contributed by atoms with E-state index in [0.29, 0.717) is 4.47 Å². The Morgan fingerprint density at radius 3 is 2.79 bits per heavy atom. The first-order valence-electron chi connectivity index (χ1n) is 6.62. The maximum atomic E-state index is 13.7. The number of hydrogen-bond donors (Lipinski definition) is 1. The summed E-state index contributed by atoms with van der Waals surface area (Å²) in [6, 6.07) is 5.47. The van der Waals surface area contributed by atoms with Crippen molar-refractivity contribution in [1.29, 1.82) is 0 Å². The Morgan fingerprint density at radius 2 is 2.16 bits per heavy atom. The summed E-state index contributed by atoms with van der Waals surface area (Å²) in [6.07, 6.45) is 0.863. The van der Waals surface area contributed by atoms with Gasteiger partial charge < -0.3 is 5.32 Å². The van der Waals surface area contributed by atoms with Gasteiger partial charge >= 0.3 is 0 Å². The maximum absolute atomic E-state index is 13.7. The molecular weight excluding hydrogens is 307 g/mol. The third kappa shape index (κ3) is 3.65. The molecule has 0 aliphatic carbocycles. The van der Waals surface area contributed by atoms with Crippen molar-refractivity contribution in [2.75, 3.05) is 26.2 Å². The van der Waals surface area contributed by atoms with Gasteiger partial charge in [-0.25, -0.2) is 4.39 Å². The van der Waals surface area contributed by atoms with Crippen molar-refractivity contribution in [3.8, 4) is 0 Å². The molecule has 1 fully saturated rings. The van der Waals surface area contributed by atoms with Crippen LogP contribution in [0.5, 0.6) is 0 Å². The third-order valence-electron chi connectivity index (χ3n) is 3.47. The van der Waals surface area contributed by atoms with Crippen molar-refractivity contribution < 1.29 is 4.39 Å². The molecule has 1 aromatic rings. The highest BCUT2D eigenvalue weighted by Crippen LogP contribution is 2.33. The Kier molecular flexibility index (Phi) is 5.13. The largest absolute Gasteiger partial charge is 0.314 e. The molecule has 1 heterocycles. The van der Waals surface area contributed by atoms with Crippen LogP contribution in [0.25, 0.3) is 0 Å². The molecule has 1 aliphatic rings. The van der Waals surface area contributed by atoms with Crippen LogP contribution in [0.3, 0.4) is 0 Å². The van der Waals surface area contributed by atoms with E-state index in [1.165, 1.54) is 6.07 Å². The van der Waals surface area contributed by atoms with Gasteiger partial charge in [0, 0.05) is 32.2 Å². The van der Waals surface area contributed by atoms with E-state index in [-0.39, 0.29) is 11.9 Å². The molecule has 0 radical (unpaired) electrons. The average Bonchev–Trinajstić information content (AvgIpc) is 2.40. The predicted molar refractivity (Wildman–Crippen MR) is 80.7 cm³/mol. The number of nitrogens with zero attached hydrogens (tertiary/aromatic N) is 1. The van der Waals surface area contributed by atoms with E-state index in [9.17, 15) is 4.39 Å². The number of piperazine rings is 1. The molecule has 2 nitrogen and oxygen atoms in total. The van der Waals surface area contributed by atoms with Crippen LogP contribution in [0.1, 0.15) is 24.9 Å². The van der Waals surface area contributed by atoms with E-state index in [2.05, 4.69) is 32.7 Å². The summed E-state index contributed by atoms with van der Waals surface area (Å²) in [6.45, 7) is 9.99. The molecule has 19 heavy (non-hydrogen) atoms. The van der Waals surface area contributed by atoms with Crippen molar-refractivity contribution in [2.24, 2.45) is 0 Å². The molecular formula is C15H20BrFN2. The minimum atomic E-state index is -0.195. The number of halogens is 2. The number of rotatable bonds is 4. The molecule has 1 saturated heterocycles. The van der Waals surface area contributed by atoms with Crippen LogP contribution < -0.4 is 5.32 Å². The van der Waals surface area contributed by atoms with E-state index in [0.717, 1.165) is 43.7 Å². The lowest BCUT2D eigenvalue weighted by atomic mass is 9.98. The topological polar surface area (TPSA) is 15.3 Å². The van der Waals surface area contributed by atoms with Gasteiger partial charge in [0.05, 0.1) is 4.47 Å². The molecule has 1 N–H and O–H groups in total. The minimum absolute atomic E-state index is 0.195. The SMILES string of the molecule is C=C(C)C[C@@H](c1cccc(F)c1Br)N1CCNCC1. The first-order valence-corrected chi connectivity index (χ1v) is 7.42. The van der Waals surface area contributed by atoms with E-state index in [1.807, 2.05) is 13.0 Å². The fourth-order valence-corrected chi connectivity index (χ4v) is 3.07. The molecule has 0 bridgehead atoms. The lowest BCUT2D eigenvalue weighted by Crippen LogP contribution is -2.45. The lowest BCUT2D eigenvalue weighted by Gasteiger charge is -2.36. The molecule has 1 atom stereocenters. The molecule has 0 unspecified atom stereocenters. The van der Waals surface area contributed by atoms with E-state index >= 15 is 0 Å². The first-order chi connectivity index (χ1) is 9.09. The van der Waals surface area contributed by atoms with Gasteiger partial charge in [-0.3, -0.25) is 4.90 Å². The minimum Gasteiger partial charge on any atom is -0.314 e. The second-order valence-electron chi connectivity index (χ2n) is 5.11. The van der Waals surface area contributed by atoms with Crippen molar-refractivity contribution in [3.05, 3.63) is 46.2 Å². The molecule has 1 aromatic carbocycles. The van der Waals surface area contributed by atoms with Gasteiger partial charge in [0.15, 0.2) is 0 Å². The zero-order valence-electron chi connectivity index (χ0n) is 11.3. The van der Waals surface area contributed by atoms with Crippen LogP contribution in [-0.4, -0.2) is 31.1 Å². The van der Waals surface area contributed by atoms with Gasteiger partial charge in [0.1, 0.15) is 5.82 Å². The maximum Gasteiger partial charge on any atom is 0.137 e. The number of hydrogen-bond acceptors (Lipinski definition) is 2. The van der Waals surface area contributed by atoms with Crippen molar-refractivity contribution in [1.82, 2.24) is 10.2 Å². The molecule has 0 amide bonds. The summed E-state index contributed by atoms with van der Waals surface area (Å²) in [4.78, 5) is 2.41. The van der Waals surface area contributed by atoms with Crippen molar-refractivity contribution >= 4 is 15.9 Å². The van der Waals surface area contributed by atoms with Crippen LogP contribution in [-0.2, 0) is 0 Å². The van der Waals surface area contributed by atoms with Crippen LogP contribution in [0.15, 0.2) is 34.8 Å². The Labute approximate surface area is 122 Å². The molecule has 0 aromatic heterocycles. The second kappa shape index (κ2) is 6.64. The summed E-state index contributed by atoms with van der Waals surface area (Å²) in [7, 11) is 0. The van der Waals surface area contributed by atoms with Gasteiger partial charge in [-0.05, 0) is 40.9 Å². The van der Waals surface area contributed by atoms with Crippen LogP contribution >= 0.6 is 15.9 Å². The monoisotopic (exact) mass is 326 g/mol. The Balaban J connectivity index is 2.30. The van der Waals surface area contributed by atoms with E-state index in [4.69, 9.17) is 0 Å². The lowest BCUT2D eigenvalue weighted by molar-refractivity contribution is 0.171. The zero-order chi connectivity index (χ0) is 13.8. The van der Waals surface area contributed by atoms with Gasteiger partial charge in [0.25, 0.3) is 0 Å². The Hall–Kier alpha value is -0.710. The molecule has 104 valence electrons. The third-order valence-corrected chi connectivity index (χ3v) is 4.31. The van der Waals surface area contributed by atoms with Gasteiger partial charge in [-0.1, -0.05) is 17.7 Å².